The SMILES string of the molecule is O=C(Nc1cc(-c2ccccn2)no1)c1ccccc1Br. The Morgan fingerprint density at radius 2 is 1.90 bits per heavy atom. The first-order valence-electron chi connectivity index (χ1n) is 6.18. The number of anilines is 1. The zero-order valence-electron chi connectivity index (χ0n) is 10.8. The van der Waals surface area contributed by atoms with Crippen molar-refractivity contribution in [3.63, 3.8) is 0 Å². The number of carbonyl (C=O) groups is 1. The molecule has 0 unspecified atom stereocenters. The van der Waals surface area contributed by atoms with Gasteiger partial charge in [-0.1, -0.05) is 23.4 Å². The number of benzene rings is 1. The number of hydrogen-bond acceptors (Lipinski definition) is 4. The van der Waals surface area contributed by atoms with Crippen LogP contribution in [0, 0.1) is 0 Å². The Labute approximate surface area is 129 Å². The minimum absolute atomic E-state index is 0.272. The molecular formula is C15H10BrN3O2. The van der Waals surface area contributed by atoms with E-state index >= 15 is 0 Å². The van der Waals surface area contributed by atoms with Crippen molar-refractivity contribution < 1.29 is 9.32 Å². The fourth-order valence-electron chi connectivity index (χ4n) is 1.79. The second-order valence-electron chi connectivity index (χ2n) is 4.23. The van der Waals surface area contributed by atoms with Gasteiger partial charge in [0.25, 0.3) is 5.91 Å². The molecule has 0 bridgehead atoms. The van der Waals surface area contributed by atoms with Crippen LogP contribution in [0.4, 0.5) is 5.88 Å². The summed E-state index contributed by atoms with van der Waals surface area (Å²) in [5.41, 5.74) is 1.77. The second kappa shape index (κ2) is 5.88. The van der Waals surface area contributed by atoms with Crippen LogP contribution in [0.25, 0.3) is 11.4 Å². The minimum atomic E-state index is -0.272. The first kappa shape index (κ1) is 13.5. The zero-order chi connectivity index (χ0) is 14.7. The molecule has 0 aliphatic rings. The van der Waals surface area contributed by atoms with Crippen molar-refractivity contribution in [2.45, 2.75) is 0 Å². The average Bonchev–Trinajstić information content (AvgIpc) is 2.97. The molecule has 0 atom stereocenters. The highest BCUT2D eigenvalue weighted by molar-refractivity contribution is 9.10. The number of amides is 1. The third kappa shape index (κ3) is 3.00. The van der Waals surface area contributed by atoms with Crippen molar-refractivity contribution in [3.05, 3.63) is 64.8 Å². The van der Waals surface area contributed by atoms with Gasteiger partial charge in [0, 0.05) is 16.7 Å². The van der Waals surface area contributed by atoms with Gasteiger partial charge in [-0.15, -0.1) is 0 Å². The van der Waals surface area contributed by atoms with Crippen molar-refractivity contribution in [2.24, 2.45) is 0 Å². The van der Waals surface area contributed by atoms with E-state index in [1.807, 2.05) is 24.3 Å². The lowest BCUT2D eigenvalue weighted by Crippen LogP contribution is -2.11. The van der Waals surface area contributed by atoms with Crippen LogP contribution in [-0.4, -0.2) is 16.0 Å². The number of nitrogens with one attached hydrogen (secondary N) is 1. The maximum atomic E-state index is 12.1. The van der Waals surface area contributed by atoms with Crippen LogP contribution in [0.2, 0.25) is 0 Å². The lowest BCUT2D eigenvalue weighted by molar-refractivity contribution is 0.102. The van der Waals surface area contributed by atoms with E-state index in [1.54, 1.807) is 30.5 Å². The molecule has 6 heteroatoms. The molecule has 2 heterocycles. The van der Waals surface area contributed by atoms with E-state index in [-0.39, 0.29) is 11.8 Å². The quantitative estimate of drug-likeness (QED) is 0.786. The molecule has 0 saturated carbocycles. The molecule has 104 valence electrons. The Morgan fingerprint density at radius 3 is 2.67 bits per heavy atom. The van der Waals surface area contributed by atoms with Crippen molar-refractivity contribution in [1.82, 2.24) is 10.1 Å². The Kier molecular flexibility index (Phi) is 3.79. The van der Waals surface area contributed by atoms with Gasteiger partial charge in [0.15, 0.2) is 0 Å². The summed E-state index contributed by atoms with van der Waals surface area (Å²) in [6, 6.07) is 14.3. The van der Waals surface area contributed by atoms with Crippen molar-refractivity contribution in [1.29, 1.82) is 0 Å². The maximum Gasteiger partial charge on any atom is 0.259 e. The number of pyridine rings is 1. The van der Waals surface area contributed by atoms with Gasteiger partial charge in [-0.3, -0.25) is 15.1 Å². The highest BCUT2D eigenvalue weighted by Crippen LogP contribution is 2.21. The lowest BCUT2D eigenvalue weighted by Gasteiger charge is -2.02. The van der Waals surface area contributed by atoms with Gasteiger partial charge in [0.05, 0.1) is 11.3 Å². The molecule has 0 radical (unpaired) electrons. The number of halogens is 1. The molecule has 1 amide bonds. The molecule has 2 aromatic heterocycles. The van der Waals surface area contributed by atoms with Crippen LogP contribution in [0.5, 0.6) is 0 Å². The largest absolute Gasteiger partial charge is 0.338 e. The predicted molar refractivity (Wildman–Crippen MR) is 81.8 cm³/mol. The van der Waals surface area contributed by atoms with E-state index in [1.165, 1.54) is 0 Å². The average molecular weight is 344 g/mol. The highest BCUT2D eigenvalue weighted by Gasteiger charge is 2.13. The standard InChI is InChI=1S/C15H10BrN3O2/c16-11-6-2-1-5-10(11)15(20)18-14-9-13(19-21-14)12-7-3-4-8-17-12/h1-9H,(H,18,20). The van der Waals surface area contributed by atoms with Crippen LogP contribution in [0.1, 0.15) is 10.4 Å². The number of nitrogens with zero attached hydrogens (tertiary/aromatic N) is 2. The number of hydrogen-bond donors (Lipinski definition) is 1. The van der Waals surface area contributed by atoms with Gasteiger partial charge in [-0.2, -0.15) is 0 Å². The van der Waals surface area contributed by atoms with Crippen LogP contribution < -0.4 is 5.32 Å². The smallest absolute Gasteiger partial charge is 0.259 e. The number of carbonyl (C=O) groups excluding carboxylic acids is 1. The topological polar surface area (TPSA) is 68.0 Å². The Balaban J connectivity index is 1.79. The third-order valence-corrected chi connectivity index (χ3v) is 3.48. The molecule has 0 saturated heterocycles. The van der Waals surface area contributed by atoms with E-state index in [0.717, 1.165) is 0 Å². The molecule has 0 aliphatic heterocycles. The van der Waals surface area contributed by atoms with Gasteiger partial charge in [-0.25, -0.2) is 0 Å². The first-order valence-corrected chi connectivity index (χ1v) is 6.97. The molecule has 1 N–H and O–H groups in total. The summed E-state index contributed by atoms with van der Waals surface area (Å²) in [5.74, 6) is 0.00241. The monoisotopic (exact) mass is 343 g/mol. The summed E-state index contributed by atoms with van der Waals surface area (Å²) in [6.45, 7) is 0. The van der Waals surface area contributed by atoms with E-state index in [9.17, 15) is 4.79 Å². The number of rotatable bonds is 3. The number of aromatic nitrogens is 2. The molecule has 21 heavy (non-hydrogen) atoms. The summed E-state index contributed by atoms with van der Waals surface area (Å²) < 4.78 is 5.83. The van der Waals surface area contributed by atoms with E-state index in [4.69, 9.17) is 4.52 Å². The summed E-state index contributed by atoms with van der Waals surface area (Å²) in [5, 5.41) is 6.55. The van der Waals surface area contributed by atoms with Gasteiger partial charge in [0.2, 0.25) is 5.88 Å². The third-order valence-electron chi connectivity index (χ3n) is 2.79. The zero-order valence-corrected chi connectivity index (χ0v) is 12.4. The summed E-state index contributed by atoms with van der Waals surface area (Å²) in [4.78, 5) is 16.3. The van der Waals surface area contributed by atoms with Crippen LogP contribution in [0.15, 0.2) is 63.7 Å². The second-order valence-corrected chi connectivity index (χ2v) is 5.08. The molecule has 5 nitrogen and oxygen atoms in total. The van der Waals surface area contributed by atoms with Gasteiger partial charge >= 0.3 is 0 Å². The van der Waals surface area contributed by atoms with E-state index in [2.05, 4.69) is 31.4 Å². The molecule has 1 aromatic carbocycles. The summed E-state index contributed by atoms with van der Waals surface area (Å²) in [6.07, 6.45) is 1.67. The Bertz CT molecular complexity index is 771. The molecule has 0 spiro atoms. The molecule has 0 aliphatic carbocycles. The van der Waals surface area contributed by atoms with Crippen LogP contribution >= 0.6 is 15.9 Å². The summed E-state index contributed by atoms with van der Waals surface area (Å²) in [7, 11) is 0. The molecule has 0 fully saturated rings. The molecule has 3 aromatic rings. The fraction of sp³-hybridized carbons (Fsp3) is 0. The van der Waals surface area contributed by atoms with E-state index < -0.39 is 0 Å². The van der Waals surface area contributed by atoms with Crippen molar-refractivity contribution in [3.8, 4) is 11.4 Å². The molecular weight excluding hydrogens is 334 g/mol. The predicted octanol–water partition coefficient (Wildman–Crippen LogP) is 3.75. The normalized spacial score (nSPS) is 10.3. The first-order chi connectivity index (χ1) is 10.2. The highest BCUT2D eigenvalue weighted by atomic mass is 79.9. The van der Waals surface area contributed by atoms with Crippen molar-refractivity contribution >= 4 is 27.7 Å². The van der Waals surface area contributed by atoms with Gasteiger partial charge < -0.3 is 4.52 Å². The minimum Gasteiger partial charge on any atom is -0.338 e. The van der Waals surface area contributed by atoms with Gasteiger partial charge in [-0.05, 0) is 40.2 Å². The van der Waals surface area contributed by atoms with Crippen molar-refractivity contribution in [2.75, 3.05) is 5.32 Å². The Hall–Kier alpha value is -2.47. The van der Waals surface area contributed by atoms with Gasteiger partial charge in [0.1, 0.15) is 5.69 Å². The lowest BCUT2D eigenvalue weighted by atomic mass is 10.2. The fourth-order valence-corrected chi connectivity index (χ4v) is 2.26. The molecule has 3 rings (SSSR count). The maximum absolute atomic E-state index is 12.1. The van der Waals surface area contributed by atoms with E-state index in [0.29, 0.717) is 21.4 Å². The Morgan fingerprint density at radius 1 is 1.10 bits per heavy atom. The summed E-state index contributed by atoms with van der Waals surface area (Å²) >= 11 is 3.34. The van der Waals surface area contributed by atoms with Crippen LogP contribution in [0.3, 0.4) is 0 Å². The van der Waals surface area contributed by atoms with Crippen LogP contribution in [-0.2, 0) is 0 Å².